The van der Waals surface area contributed by atoms with Crippen molar-refractivity contribution in [3.05, 3.63) is 35.7 Å². The number of aromatic nitrogens is 1. The molecule has 0 radical (unpaired) electrons. The van der Waals surface area contributed by atoms with Gasteiger partial charge in [0.05, 0.1) is 12.1 Å². The average Bonchev–Trinajstić information content (AvgIpc) is 2.73. The van der Waals surface area contributed by atoms with E-state index in [0.717, 1.165) is 11.4 Å². The molecule has 0 bridgehead atoms. The molecule has 19 heavy (non-hydrogen) atoms. The van der Waals surface area contributed by atoms with Crippen LogP contribution in [0.15, 0.2) is 18.7 Å². The summed E-state index contributed by atoms with van der Waals surface area (Å²) < 4.78 is 6.90. The van der Waals surface area contributed by atoms with Gasteiger partial charge >= 0.3 is 12.1 Å². The molecule has 2 heterocycles. The van der Waals surface area contributed by atoms with Crippen molar-refractivity contribution in [1.29, 1.82) is 0 Å². The normalized spacial score (nSPS) is 13.8. The number of carbonyl (C=O) groups excluding carboxylic acids is 1. The van der Waals surface area contributed by atoms with Crippen LogP contribution in [0.5, 0.6) is 0 Å². The predicted molar refractivity (Wildman–Crippen MR) is 68.1 cm³/mol. The fraction of sp³-hybridized carbons (Fsp3) is 0.385. The van der Waals surface area contributed by atoms with Crippen molar-refractivity contribution in [1.82, 2.24) is 9.47 Å². The first-order valence-electron chi connectivity index (χ1n) is 5.99. The van der Waals surface area contributed by atoms with E-state index < -0.39 is 12.1 Å². The van der Waals surface area contributed by atoms with Crippen LogP contribution in [0.25, 0.3) is 0 Å². The number of aromatic carboxylic acids is 1. The smallest absolute Gasteiger partial charge is 0.410 e. The molecule has 0 spiro atoms. The molecule has 0 unspecified atom stereocenters. The van der Waals surface area contributed by atoms with Gasteiger partial charge in [0, 0.05) is 24.5 Å². The zero-order valence-electron chi connectivity index (χ0n) is 10.8. The van der Waals surface area contributed by atoms with E-state index in [2.05, 4.69) is 6.58 Å². The van der Waals surface area contributed by atoms with E-state index in [1.807, 2.05) is 4.57 Å². The summed E-state index contributed by atoms with van der Waals surface area (Å²) in [6.45, 7) is 6.89. The quantitative estimate of drug-likeness (QED) is 0.842. The van der Waals surface area contributed by atoms with Crippen molar-refractivity contribution in [3.63, 3.8) is 0 Å². The molecule has 1 aromatic rings. The van der Waals surface area contributed by atoms with Crippen LogP contribution in [0, 0.1) is 6.92 Å². The molecule has 1 amide bonds. The van der Waals surface area contributed by atoms with Gasteiger partial charge in [0.15, 0.2) is 0 Å². The van der Waals surface area contributed by atoms with Gasteiger partial charge in [-0.3, -0.25) is 0 Å². The number of hydrogen-bond acceptors (Lipinski definition) is 3. The molecule has 0 aliphatic carbocycles. The third kappa shape index (κ3) is 2.47. The predicted octanol–water partition coefficient (Wildman–Crippen LogP) is 1.63. The zero-order valence-corrected chi connectivity index (χ0v) is 10.8. The van der Waals surface area contributed by atoms with Crippen LogP contribution in [0.4, 0.5) is 4.79 Å². The van der Waals surface area contributed by atoms with E-state index in [0.29, 0.717) is 19.6 Å². The van der Waals surface area contributed by atoms with Gasteiger partial charge in [0.1, 0.15) is 6.61 Å². The Bertz CT molecular complexity index is 533. The number of hydrogen-bond donors (Lipinski definition) is 1. The number of rotatable bonds is 3. The summed E-state index contributed by atoms with van der Waals surface area (Å²) in [4.78, 5) is 24.3. The second kappa shape index (κ2) is 5.17. The van der Waals surface area contributed by atoms with Crippen molar-refractivity contribution < 1.29 is 19.4 Å². The Balaban J connectivity index is 2.16. The van der Waals surface area contributed by atoms with Crippen molar-refractivity contribution >= 4 is 12.1 Å². The monoisotopic (exact) mass is 264 g/mol. The number of carboxylic acid groups (broad SMARTS) is 1. The van der Waals surface area contributed by atoms with Gasteiger partial charge in [-0.05, 0) is 13.0 Å². The van der Waals surface area contributed by atoms with Crippen molar-refractivity contribution in [2.75, 3.05) is 13.2 Å². The molecule has 0 fully saturated rings. The molecule has 1 N–H and O–H groups in total. The van der Waals surface area contributed by atoms with E-state index >= 15 is 0 Å². The summed E-state index contributed by atoms with van der Waals surface area (Å²) in [5, 5.41) is 9.08. The van der Waals surface area contributed by atoms with Crippen LogP contribution < -0.4 is 0 Å². The highest BCUT2D eigenvalue weighted by Crippen LogP contribution is 2.21. The number of carboxylic acids is 1. The number of carbonyl (C=O) groups is 2. The Kier molecular flexibility index (Phi) is 3.59. The lowest BCUT2D eigenvalue weighted by molar-refractivity contribution is 0.0695. The van der Waals surface area contributed by atoms with E-state index in [1.54, 1.807) is 17.9 Å². The van der Waals surface area contributed by atoms with Crippen LogP contribution in [0.3, 0.4) is 0 Å². The summed E-state index contributed by atoms with van der Waals surface area (Å²) in [7, 11) is 0. The van der Waals surface area contributed by atoms with Crippen LogP contribution >= 0.6 is 0 Å². The molecule has 1 aliphatic rings. The lowest BCUT2D eigenvalue weighted by Gasteiger charge is -2.28. The lowest BCUT2D eigenvalue weighted by atomic mass is 10.2. The largest absolute Gasteiger partial charge is 0.478 e. The summed E-state index contributed by atoms with van der Waals surface area (Å²) in [5.74, 6) is -0.944. The zero-order chi connectivity index (χ0) is 14.0. The highest BCUT2D eigenvalue weighted by atomic mass is 16.6. The second-order valence-electron chi connectivity index (χ2n) is 4.38. The number of ether oxygens (including phenoxy) is 1. The van der Waals surface area contributed by atoms with Gasteiger partial charge in [-0.1, -0.05) is 12.7 Å². The second-order valence-corrected chi connectivity index (χ2v) is 4.38. The summed E-state index contributed by atoms with van der Waals surface area (Å²) in [5.41, 5.74) is 1.83. The topological polar surface area (TPSA) is 71.8 Å². The van der Waals surface area contributed by atoms with Gasteiger partial charge in [0.2, 0.25) is 0 Å². The van der Waals surface area contributed by atoms with Gasteiger partial charge in [-0.15, -0.1) is 0 Å². The Morgan fingerprint density at radius 3 is 2.89 bits per heavy atom. The third-order valence-electron chi connectivity index (χ3n) is 3.21. The Morgan fingerprint density at radius 1 is 1.53 bits per heavy atom. The summed E-state index contributed by atoms with van der Waals surface area (Å²) in [6.07, 6.45) is 1.11. The highest BCUT2D eigenvalue weighted by molar-refractivity contribution is 5.89. The molecule has 6 heteroatoms. The Hall–Kier alpha value is -2.24. The maximum absolute atomic E-state index is 11.7. The van der Waals surface area contributed by atoms with Crippen LogP contribution in [0.2, 0.25) is 0 Å². The molecule has 0 saturated carbocycles. The number of amides is 1. The van der Waals surface area contributed by atoms with Gasteiger partial charge < -0.3 is 19.3 Å². The van der Waals surface area contributed by atoms with Crippen molar-refractivity contribution in [2.24, 2.45) is 0 Å². The van der Waals surface area contributed by atoms with E-state index in [4.69, 9.17) is 9.84 Å². The standard InChI is InChI=1S/C13H16N2O4/c1-3-6-19-13(18)14-4-5-15-9(2)11(12(16)17)7-10(15)8-14/h3,7H,1,4-6,8H2,2H3,(H,16,17). The van der Waals surface area contributed by atoms with Crippen LogP contribution in [-0.4, -0.2) is 39.8 Å². The minimum Gasteiger partial charge on any atom is -0.478 e. The molecule has 0 atom stereocenters. The summed E-state index contributed by atoms with van der Waals surface area (Å²) in [6, 6.07) is 1.62. The maximum Gasteiger partial charge on any atom is 0.410 e. The van der Waals surface area contributed by atoms with E-state index in [9.17, 15) is 9.59 Å². The minimum absolute atomic E-state index is 0.176. The molecule has 0 aromatic carbocycles. The first-order valence-corrected chi connectivity index (χ1v) is 5.99. The minimum atomic E-state index is -0.944. The molecule has 0 saturated heterocycles. The summed E-state index contributed by atoms with van der Waals surface area (Å²) >= 11 is 0. The average molecular weight is 264 g/mol. The molecular formula is C13H16N2O4. The van der Waals surface area contributed by atoms with Gasteiger partial charge in [-0.25, -0.2) is 9.59 Å². The SMILES string of the molecule is C=CCOC(=O)N1CCn2c(cc(C(=O)O)c2C)C1. The third-order valence-corrected chi connectivity index (χ3v) is 3.21. The fourth-order valence-corrected chi connectivity index (χ4v) is 2.24. The van der Waals surface area contributed by atoms with Crippen LogP contribution in [-0.2, 0) is 17.8 Å². The van der Waals surface area contributed by atoms with Crippen LogP contribution in [0.1, 0.15) is 21.7 Å². The number of fused-ring (bicyclic) bond motifs is 1. The molecule has 6 nitrogen and oxygen atoms in total. The van der Waals surface area contributed by atoms with Gasteiger partial charge in [0.25, 0.3) is 0 Å². The molecule has 1 aromatic heterocycles. The maximum atomic E-state index is 11.7. The molecular weight excluding hydrogens is 248 g/mol. The Labute approximate surface area is 110 Å². The lowest BCUT2D eigenvalue weighted by Crippen LogP contribution is -2.38. The molecule has 2 rings (SSSR count). The number of nitrogens with zero attached hydrogens (tertiary/aromatic N) is 2. The van der Waals surface area contributed by atoms with Crippen molar-refractivity contribution in [2.45, 2.75) is 20.0 Å². The van der Waals surface area contributed by atoms with Crippen molar-refractivity contribution in [3.8, 4) is 0 Å². The Morgan fingerprint density at radius 2 is 2.26 bits per heavy atom. The first-order chi connectivity index (χ1) is 9.04. The fourth-order valence-electron chi connectivity index (χ4n) is 2.24. The molecule has 1 aliphatic heterocycles. The first kappa shape index (κ1) is 13.2. The molecule has 102 valence electrons. The highest BCUT2D eigenvalue weighted by Gasteiger charge is 2.25. The van der Waals surface area contributed by atoms with E-state index in [-0.39, 0.29) is 12.2 Å². The van der Waals surface area contributed by atoms with E-state index in [1.165, 1.54) is 6.08 Å². The van der Waals surface area contributed by atoms with Gasteiger partial charge in [-0.2, -0.15) is 0 Å².